The fourth-order valence-electron chi connectivity index (χ4n) is 3.70. The second kappa shape index (κ2) is 12.4. The van der Waals surface area contributed by atoms with Gasteiger partial charge in [-0.2, -0.15) is 0 Å². The first-order valence-electron chi connectivity index (χ1n) is 11.6. The lowest BCUT2D eigenvalue weighted by atomic mass is 9.84. The zero-order chi connectivity index (χ0) is 25.3. The summed E-state index contributed by atoms with van der Waals surface area (Å²) < 4.78 is 5.71. The highest BCUT2D eigenvalue weighted by atomic mass is 16.5. The summed E-state index contributed by atoms with van der Waals surface area (Å²) in [5.74, 6) is -2.68. The maximum absolute atomic E-state index is 13.5. The van der Waals surface area contributed by atoms with Crippen LogP contribution in [0.25, 0.3) is 10.9 Å². The van der Waals surface area contributed by atoms with Crippen LogP contribution in [-0.2, 0) is 25.5 Å². The Labute approximate surface area is 200 Å². The standard InChI is InChI=1S/C25H36N4O5/c1-6-12-34-20(23(31)29-33)18(14-16-13-17-10-8-9-11-19(17)27-15-16)22(30)28-21(25(3,4)5)24(32)26-7-2/h8-11,13,15,18,20-21,33H,6-7,12,14H2,1-5H3,(H,26,32)(H,28,30)(H,29,31)/t18-,20+,21-/m1/s1. The van der Waals surface area contributed by atoms with Crippen molar-refractivity contribution in [2.24, 2.45) is 11.3 Å². The number of hydrogen-bond donors (Lipinski definition) is 4. The monoisotopic (exact) mass is 472 g/mol. The van der Waals surface area contributed by atoms with E-state index in [9.17, 15) is 19.6 Å². The van der Waals surface area contributed by atoms with E-state index in [4.69, 9.17) is 4.74 Å². The van der Waals surface area contributed by atoms with E-state index in [2.05, 4.69) is 15.6 Å². The van der Waals surface area contributed by atoms with Crippen molar-refractivity contribution in [3.05, 3.63) is 42.1 Å². The molecule has 1 aromatic carbocycles. The molecule has 0 spiro atoms. The molecular formula is C25H36N4O5. The predicted molar refractivity (Wildman–Crippen MR) is 129 cm³/mol. The van der Waals surface area contributed by atoms with Crippen LogP contribution in [0.2, 0.25) is 0 Å². The molecule has 0 aliphatic heterocycles. The molecule has 34 heavy (non-hydrogen) atoms. The number of ether oxygens (including phenoxy) is 1. The molecule has 0 aliphatic rings. The van der Waals surface area contributed by atoms with Crippen LogP contribution < -0.4 is 16.1 Å². The van der Waals surface area contributed by atoms with Crippen molar-refractivity contribution in [3.63, 3.8) is 0 Å². The Hall–Kier alpha value is -3.04. The van der Waals surface area contributed by atoms with Crippen molar-refractivity contribution in [3.8, 4) is 0 Å². The molecular weight excluding hydrogens is 436 g/mol. The summed E-state index contributed by atoms with van der Waals surface area (Å²) in [7, 11) is 0. The number of hydrogen-bond acceptors (Lipinski definition) is 6. The molecule has 0 unspecified atom stereocenters. The van der Waals surface area contributed by atoms with Gasteiger partial charge in [0.05, 0.1) is 11.4 Å². The number of nitrogens with one attached hydrogen (secondary N) is 3. The molecule has 4 N–H and O–H groups in total. The van der Waals surface area contributed by atoms with Crippen LogP contribution >= 0.6 is 0 Å². The fourth-order valence-corrected chi connectivity index (χ4v) is 3.70. The number of hydroxylamine groups is 1. The SMILES string of the molecule is CCCO[C@H](C(=O)NO)[C@@H](Cc1cnc2ccccc2c1)C(=O)N[C@H](C(=O)NCC)C(C)(C)C. The quantitative estimate of drug-likeness (QED) is 0.293. The maximum Gasteiger partial charge on any atom is 0.273 e. The molecule has 1 heterocycles. The average molecular weight is 473 g/mol. The van der Waals surface area contributed by atoms with Gasteiger partial charge in [-0.1, -0.05) is 45.9 Å². The minimum absolute atomic E-state index is 0.123. The number of likely N-dealkylation sites (N-methyl/N-ethyl adjacent to an activating group) is 1. The van der Waals surface area contributed by atoms with E-state index in [-0.39, 0.29) is 18.9 Å². The first kappa shape index (κ1) is 27.2. The van der Waals surface area contributed by atoms with E-state index in [1.54, 1.807) is 18.6 Å². The Kier molecular flexibility index (Phi) is 9.95. The third kappa shape index (κ3) is 7.23. The van der Waals surface area contributed by atoms with Gasteiger partial charge in [0.25, 0.3) is 5.91 Å². The average Bonchev–Trinajstić information content (AvgIpc) is 2.80. The van der Waals surface area contributed by atoms with E-state index >= 15 is 0 Å². The lowest BCUT2D eigenvalue weighted by Gasteiger charge is -2.33. The number of fused-ring (bicyclic) bond motifs is 1. The summed E-state index contributed by atoms with van der Waals surface area (Å²) in [6, 6.07) is 8.65. The molecule has 3 atom stereocenters. The Morgan fingerprint density at radius 2 is 1.79 bits per heavy atom. The van der Waals surface area contributed by atoms with Crippen LogP contribution in [0.5, 0.6) is 0 Å². The van der Waals surface area contributed by atoms with Crippen molar-refractivity contribution in [2.45, 2.75) is 59.6 Å². The number of aromatic nitrogens is 1. The second-order valence-electron chi connectivity index (χ2n) is 9.32. The number of nitrogens with zero attached hydrogens (tertiary/aromatic N) is 1. The highest BCUT2D eigenvalue weighted by molar-refractivity contribution is 5.93. The summed E-state index contributed by atoms with van der Waals surface area (Å²) >= 11 is 0. The highest BCUT2D eigenvalue weighted by Crippen LogP contribution is 2.23. The van der Waals surface area contributed by atoms with Crippen molar-refractivity contribution in [2.75, 3.05) is 13.2 Å². The number of carbonyl (C=O) groups excluding carboxylic acids is 3. The van der Waals surface area contributed by atoms with E-state index in [1.165, 1.54) is 0 Å². The van der Waals surface area contributed by atoms with Gasteiger partial charge >= 0.3 is 0 Å². The molecule has 3 amide bonds. The molecule has 0 aliphatic carbocycles. The van der Waals surface area contributed by atoms with Gasteiger partial charge in [0.1, 0.15) is 12.1 Å². The minimum atomic E-state index is -1.26. The zero-order valence-corrected chi connectivity index (χ0v) is 20.6. The lowest BCUT2D eigenvalue weighted by molar-refractivity contribution is -0.151. The molecule has 2 rings (SSSR count). The van der Waals surface area contributed by atoms with E-state index < -0.39 is 35.3 Å². The fraction of sp³-hybridized carbons (Fsp3) is 0.520. The summed E-state index contributed by atoms with van der Waals surface area (Å²) in [5.41, 5.74) is 2.56. The maximum atomic E-state index is 13.5. The van der Waals surface area contributed by atoms with Gasteiger partial charge in [0.15, 0.2) is 0 Å². The Bertz CT molecular complexity index is 989. The number of pyridine rings is 1. The molecule has 1 aromatic heterocycles. The molecule has 0 saturated heterocycles. The summed E-state index contributed by atoms with van der Waals surface area (Å²) in [5, 5.41) is 15.8. The van der Waals surface area contributed by atoms with Crippen LogP contribution in [-0.4, -0.2) is 53.2 Å². The van der Waals surface area contributed by atoms with E-state index in [1.807, 2.05) is 58.0 Å². The zero-order valence-electron chi connectivity index (χ0n) is 20.6. The topological polar surface area (TPSA) is 130 Å². The Morgan fingerprint density at radius 3 is 2.41 bits per heavy atom. The number of amides is 3. The molecule has 0 fully saturated rings. The normalized spacial score (nSPS) is 14.2. The molecule has 9 heteroatoms. The van der Waals surface area contributed by atoms with Gasteiger partial charge in [0, 0.05) is 24.7 Å². The van der Waals surface area contributed by atoms with Gasteiger partial charge in [0.2, 0.25) is 11.8 Å². The highest BCUT2D eigenvalue weighted by Gasteiger charge is 2.39. The number of carbonyl (C=O) groups is 3. The van der Waals surface area contributed by atoms with Crippen molar-refractivity contribution < 1.29 is 24.3 Å². The second-order valence-corrected chi connectivity index (χ2v) is 9.32. The number of benzene rings is 1. The number of para-hydroxylation sites is 1. The third-order valence-corrected chi connectivity index (χ3v) is 5.44. The van der Waals surface area contributed by atoms with Crippen molar-refractivity contribution in [1.29, 1.82) is 0 Å². The first-order chi connectivity index (χ1) is 16.1. The predicted octanol–water partition coefficient (Wildman–Crippen LogP) is 2.36. The molecule has 0 saturated carbocycles. The van der Waals surface area contributed by atoms with Crippen molar-refractivity contribution in [1.82, 2.24) is 21.1 Å². The minimum Gasteiger partial charge on any atom is -0.367 e. The first-order valence-corrected chi connectivity index (χ1v) is 11.6. The molecule has 0 radical (unpaired) electrons. The Morgan fingerprint density at radius 1 is 1.09 bits per heavy atom. The van der Waals surface area contributed by atoms with Gasteiger partial charge in [-0.15, -0.1) is 0 Å². The summed E-state index contributed by atoms with van der Waals surface area (Å²) in [6.45, 7) is 9.86. The van der Waals surface area contributed by atoms with Gasteiger partial charge in [-0.3, -0.25) is 24.6 Å². The third-order valence-electron chi connectivity index (χ3n) is 5.44. The number of rotatable bonds is 11. The van der Waals surface area contributed by atoms with Crippen molar-refractivity contribution >= 4 is 28.6 Å². The van der Waals surface area contributed by atoms with Crippen LogP contribution in [0.4, 0.5) is 0 Å². The summed E-state index contributed by atoms with van der Waals surface area (Å²) in [6.07, 6.45) is 1.13. The van der Waals surface area contributed by atoms with Crippen LogP contribution in [0.1, 0.15) is 46.6 Å². The van der Waals surface area contributed by atoms with Crippen LogP contribution in [0, 0.1) is 11.3 Å². The van der Waals surface area contributed by atoms with Crippen LogP contribution in [0.3, 0.4) is 0 Å². The van der Waals surface area contributed by atoms with E-state index in [0.29, 0.717) is 13.0 Å². The van der Waals surface area contributed by atoms with Gasteiger partial charge in [-0.05, 0) is 42.9 Å². The largest absolute Gasteiger partial charge is 0.367 e. The van der Waals surface area contributed by atoms with Crippen LogP contribution in [0.15, 0.2) is 36.5 Å². The van der Waals surface area contributed by atoms with E-state index in [0.717, 1.165) is 16.5 Å². The van der Waals surface area contributed by atoms with Gasteiger partial charge in [-0.25, -0.2) is 5.48 Å². The molecule has 2 aromatic rings. The smallest absolute Gasteiger partial charge is 0.273 e. The Balaban J connectivity index is 2.43. The van der Waals surface area contributed by atoms with Gasteiger partial charge < -0.3 is 15.4 Å². The molecule has 186 valence electrons. The summed E-state index contributed by atoms with van der Waals surface area (Å²) in [4.78, 5) is 43.2. The molecule has 9 nitrogen and oxygen atoms in total. The molecule has 0 bridgehead atoms. The lowest BCUT2D eigenvalue weighted by Crippen LogP contribution is -2.57.